The first-order valence-corrected chi connectivity index (χ1v) is 3.12. The Morgan fingerprint density at radius 3 is 2.56 bits per heavy atom. The van der Waals surface area contributed by atoms with Crippen LogP contribution < -0.4 is 0 Å². The second-order valence-corrected chi connectivity index (χ2v) is 2.77. The fourth-order valence-electron chi connectivity index (χ4n) is 1.22. The molecule has 1 aliphatic heterocycles. The highest BCUT2D eigenvalue weighted by molar-refractivity contribution is 5.48. The fraction of sp³-hybridized carbons (Fsp3) is 0.833. The van der Waals surface area contributed by atoms with E-state index in [2.05, 4.69) is 41.9 Å². The Kier molecular flexibility index (Phi) is 1.71. The molecule has 0 bridgehead atoms. The van der Waals surface area contributed by atoms with Crippen LogP contribution >= 0.6 is 0 Å². The van der Waals surface area contributed by atoms with Gasteiger partial charge in [-0.1, -0.05) is 0 Å². The number of nitrogens with zero attached hydrogens (tertiary/aromatic N) is 3. The van der Waals surface area contributed by atoms with Crippen LogP contribution in [0.15, 0.2) is 0 Å². The Bertz CT molecular complexity index is 130. The van der Waals surface area contributed by atoms with Gasteiger partial charge in [-0.25, -0.2) is 4.90 Å². The Morgan fingerprint density at radius 2 is 2.11 bits per heavy atom. The van der Waals surface area contributed by atoms with Crippen LogP contribution in [0.1, 0.15) is 0 Å². The van der Waals surface area contributed by atoms with Crippen molar-refractivity contribution in [2.24, 2.45) is 0 Å². The van der Waals surface area contributed by atoms with Crippen LogP contribution in [-0.4, -0.2) is 55.2 Å². The van der Waals surface area contributed by atoms with Gasteiger partial charge in [-0.2, -0.15) is 0 Å². The van der Waals surface area contributed by atoms with Crippen LogP contribution in [0.3, 0.4) is 0 Å². The van der Waals surface area contributed by atoms with Gasteiger partial charge < -0.3 is 0 Å². The monoisotopic (exact) mass is 128 g/mol. The summed E-state index contributed by atoms with van der Waals surface area (Å²) in [4.78, 5) is 4.41. The van der Waals surface area contributed by atoms with E-state index in [4.69, 9.17) is 0 Å². The number of hydrogen-bond acceptors (Lipinski definition) is 2. The van der Waals surface area contributed by atoms with Crippen molar-refractivity contribution in [3.63, 3.8) is 0 Å². The highest BCUT2D eigenvalue weighted by Crippen LogP contribution is 1.90. The zero-order chi connectivity index (χ0) is 6.85. The summed E-state index contributed by atoms with van der Waals surface area (Å²) in [6, 6.07) is 0. The molecule has 0 atom stereocenters. The minimum atomic E-state index is 1.03. The fourth-order valence-corrected chi connectivity index (χ4v) is 1.22. The lowest BCUT2D eigenvalue weighted by Crippen LogP contribution is -2.43. The average molecular weight is 128 g/mol. The van der Waals surface area contributed by atoms with Gasteiger partial charge in [-0.3, -0.25) is 9.48 Å². The molecule has 0 unspecified atom stereocenters. The van der Waals surface area contributed by atoms with Crippen LogP contribution in [0.5, 0.6) is 0 Å². The van der Waals surface area contributed by atoms with Crippen molar-refractivity contribution in [1.82, 2.24) is 9.80 Å². The first-order chi connectivity index (χ1) is 4.18. The summed E-state index contributed by atoms with van der Waals surface area (Å²) in [7, 11) is 6.26. The van der Waals surface area contributed by atoms with Crippen LogP contribution in [0, 0.1) is 0 Å². The first-order valence-electron chi connectivity index (χ1n) is 3.12. The molecular weight excluding hydrogens is 114 g/mol. The molecule has 3 heteroatoms. The van der Waals surface area contributed by atoms with Gasteiger partial charge in [0.05, 0.1) is 14.1 Å². The lowest BCUT2D eigenvalue weighted by molar-refractivity contribution is -0.527. The van der Waals surface area contributed by atoms with Crippen molar-refractivity contribution in [1.29, 1.82) is 0 Å². The van der Waals surface area contributed by atoms with E-state index in [0.717, 1.165) is 13.3 Å². The van der Waals surface area contributed by atoms with Crippen LogP contribution in [0.2, 0.25) is 0 Å². The third-order valence-corrected chi connectivity index (χ3v) is 1.32. The number of hydrogen-bond donors (Lipinski definition) is 0. The quantitative estimate of drug-likeness (QED) is 0.405. The molecule has 52 valence electrons. The normalized spacial score (nSPS) is 22.1. The SMILES string of the molecule is CN1C=[N+](C)CN(C)C1. The molecule has 0 spiro atoms. The third kappa shape index (κ3) is 1.68. The molecule has 0 saturated heterocycles. The summed E-state index contributed by atoms with van der Waals surface area (Å²) in [5.41, 5.74) is 0. The van der Waals surface area contributed by atoms with Crippen molar-refractivity contribution in [3.8, 4) is 0 Å². The minimum absolute atomic E-state index is 1.03. The molecule has 1 heterocycles. The highest BCUT2D eigenvalue weighted by Gasteiger charge is 2.12. The van der Waals surface area contributed by atoms with Gasteiger partial charge in [0, 0.05) is 0 Å². The summed E-state index contributed by atoms with van der Waals surface area (Å²) in [6.07, 6.45) is 2.11. The topological polar surface area (TPSA) is 9.49 Å². The van der Waals surface area contributed by atoms with Gasteiger partial charge in [-0.05, 0) is 7.05 Å². The molecule has 0 aliphatic carbocycles. The summed E-state index contributed by atoms with van der Waals surface area (Å²) >= 11 is 0. The lowest BCUT2D eigenvalue weighted by Gasteiger charge is -2.23. The minimum Gasteiger partial charge on any atom is -0.257 e. The van der Waals surface area contributed by atoms with E-state index >= 15 is 0 Å². The van der Waals surface area contributed by atoms with E-state index in [1.807, 2.05) is 0 Å². The molecule has 0 N–H and O–H groups in total. The first kappa shape index (κ1) is 6.55. The molecule has 0 amide bonds. The lowest BCUT2D eigenvalue weighted by atomic mass is 10.6. The Balaban J connectivity index is 2.56. The number of rotatable bonds is 0. The van der Waals surface area contributed by atoms with Crippen LogP contribution in [0.4, 0.5) is 0 Å². The van der Waals surface area contributed by atoms with Gasteiger partial charge in [0.25, 0.3) is 0 Å². The van der Waals surface area contributed by atoms with E-state index in [9.17, 15) is 0 Å². The maximum Gasteiger partial charge on any atom is 0.235 e. The van der Waals surface area contributed by atoms with E-state index in [1.165, 1.54) is 0 Å². The predicted octanol–water partition coefficient (Wildman–Crippen LogP) is -0.551. The molecule has 0 aromatic heterocycles. The maximum atomic E-state index is 2.25. The van der Waals surface area contributed by atoms with Crippen LogP contribution in [-0.2, 0) is 0 Å². The largest absolute Gasteiger partial charge is 0.257 e. The Hall–Kier alpha value is -0.570. The molecule has 0 saturated carbocycles. The molecule has 0 radical (unpaired) electrons. The zero-order valence-corrected chi connectivity index (χ0v) is 6.33. The van der Waals surface area contributed by atoms with Gasteiger partial charge in [-0.15, -0.1) is 0 Å². The molecule has 0 aromatic rings. The summed E-state index contributed by atoms with van der Waals surface area (Å²) in [5, 5.41) is 0. The van der Waals surface area contributed by atoms with E-state index in [0.29, 0.717) is 0 Å². The van der Waals surface area contributed by atoms with Gasteiger partial charge in [0.2, 0.25) is 6.34 Å². The standard InChI is InChI=1S/C6H14N3/c1-7-4-8(2)6-9(3)5-7/h4H,5-6H2,1-3H3/q+1. The van der Waals surface area contributed by atoms with Crippen molar-refractivity contribution in [3.05, 3.63) is 0 Å². The summed E-state index contributed by atoms with van der Waals surface area (Å²) in [5.74, 6) is 0. The van der Waals surface area contributed by atoms with E-state index in [-0.39, 0.29) is 0 Å². The van der Waals surface area contributed by atoms with Gasteiger partial charge in [0.15, 0.2) is 0 Å². The summed E-state index contributed by atoms with van der Waals surface area (Å²) < 4.78 is 2.16. The van der Waals surface area contributed by atoms with Crippen molar-refractivity contribution < 1.29 is 4.58 Å². The predicted molar refractivity (Wildman–Crippen MR) is 37.5 cm³/mol. The molecule has 0 fully saturated rings. The van der Waals surface area contributed by atoms with Crippen molar-refractivity contribution in [2.45, 2.75) is 0 Å². The highest BCUT2D eigenvalue weighted by atomic mass is 15.4. The van der Waals surface area contributed by atoms with E-state index in [1.54, 1.807) is 0 Å². The average Bonchev–Trinajstić information content (AvgIpc) is 1.59. The molecule has 1 rings (SSSR count). The molecule has 1 aliphatic rings. The Morgan fingerprint density at radius 1 is 1.44 bits per heavy atom. The molecule has 9 heavy (non-hydrogen) atoms. The third-order valence-electron chi connectivity index (χ3n) is 1.32. The second kappa shape index (κ2) is 2.35. The van der Waals surface area contributed by atoms with Crippen molar-refractivity contribution >= 4 is 6.34 Å². The maximum absolute atomic E-state index is 2.25. The van der Waals surface area contributed by atoms with Crippen LogP contribution in [0.25, 0.3) is 0 Å². The summed E-state index contributed by atoms with van der Waals surface area (Å²) in [6.45, 7) is 2.06. The molecule has 0 aromatic carbocycles. The van der Waals surface area contributed by atoms with Gasteiger partial charge in [0.1, 0.15) is 13.3 Å². The second-order valence-electron chi connectivity index (χ2n) is 2.77. The van der Waals surface area contributed by atoms with E-state index < -0.39 is 0 Å². The smallest absolute Gasteiger partial charge is 0.235 e. The van der Waals surface area contributed by atoms with Gasteiger partial charge >= 0.3 is 0 Å². The molecular formula is C6H14N3+. The Labute approximate surface area is 56.2 Å². The zero-order valence-electron chi connectivity index (χ0n) is 6.33. The molecule has 3 nitrogen and oxygen atoms in total. The van der Waals surface area contributed by atoms with Crippen molar-refractivity contribution in [2.75, 3.05) is 34.5 Å².